The van der Waals surface area contributed by atoms with Crippen molar-refractivity contribution in [3.63, 3.8) is 0 Å². The highest BCUT2D eigenvalue weighted by molar-refractivity contribution is 4.31. The van der Waals surface area contributed by atoms with Gasteiger partial charge in [-0.2, -0.15) is 0 Å². The summed E-state index contributed by atoms with van der Waals surface area (Å²) in [7, 11) is 0. The maximum atomic E-state index is 8.32. The number of hydrogen-bond acceptors (Lipinski definition) is 2. The third-order valence-electron chi connectivity index (χ3n) is 0.387. The molecule has 38 valence electrons. The van der Waals surface area contributed by atoms with Gasteiger partial charge in [0.05, 0.1) is 1.37 Å². The number of hydrogen-bond donors (Lipinski definition) is 2. The van der Waals surface area contributed by atoms with Crippen LogP contribution in [0, 0.1) is 0 Å². The van der Waals surface area contributed by atoms with E-state index >= 15 is 0 Å². The molecule has 0 spiro atoms. The quantitative estimate of drug-likeness (QED) is 0.474. The Bertz CT molecular complexity index is 68.9. The SMILES string of the molecule is [2H]C(CC)C([2H])(O)O. The smallest absolute Gasteiger partial charge is 0.151 e. The molecule has 2 N–H and O–H groups in total. The molecule has 1 atom stereocenters. The van der Waals surface area contributed by atoms with Crippen molar-refractivity contribution in [2.24, 2.45) is 0 Å². The van der Waals surface area contributed by atoms with E-state index in [9.17, 15) is 0 Å². The van der Waals surface area contributed by atoms with E-state index in [1.165, 1.54) is 0 Å². The van der Waals surface area contributed by atoms with Crippen LogP contribution in [0.25, 0.3) is 0 Å². The lowest BCUT2D eigenvalue weighted by molar-refractivity contribution is -0.0453. The van der Waals surface area contributed by atoms with Gasteiger partial charge in [0, 0.05) is 1.37 Å². The zero-order valence-electron chi connectivity index (χ0n) is 5.68. The van der Waals surface area contributed by atoms with E-state index in [1.807, 2.05) is 0 Å². The van der Waals surface area contributed by atoms with E-state index in [4.69, 9.17) is 13.0 Å². The minimum Gasteiger partial charge on any atom is -0.368 e. The van der Waals surface area contributed by atoms with Crippen molar-refractivity contribution in [2.75, 3.05) is 0 Å². The Hall–Kier alpha value is -0.0800. The van der Waals surface area contributed by atoms with Crippen molar-refractivity contribution < 1.29 is 13.0 Å². The van der Waals surface area contributed by atoms with E-state index in [0.29, 0.717) is 0 Å². The Morgan fingerprint density at radius 1 is 2.00 bits per heavy atom. The van der Waals surface area contributed by atoms with Gasteiger partial charge in [0.2, 0.25) is 0 Å². The van der Waals surface area contributed by atoms with Gasteiger partial charge in [0.15, 0.2) is 6.27 Å². The van der Waals surface area contributed by atoms with Gasteiger partial charge in [-0.05, 0) is 6.40 Å². The fourth-order valence-electron chi connectivity index (χ4n) is 0.183. The highest BCUT2D eigenvalue weighted by Crippen LogP contribution is 1.88. The average molecular weight is 92.1 g/mol. The molecule has 0 heterocycles. The van der Waals surface area contributed by atoms with Crippen LogP contribution in [-0.4, -0.2) is 16.5 Å². The van der Waals surface area contributed by atoms with Crippen LogP contribution >= 0.6 is 0 Å². The molecule has 0 radical (unpaired) electrons. The maximum Gasteiger partial charge on any atom is 0.151 e. The van der Waals surface area contributed by atoms with Crippen LogP contribution in [-0.2, 0) is 0 Å². The summed E-state index contributed by atoms with van der Waals surface area (Å²) in [6.45, 7) is 1.62. The summed E-state index contributed by atoms with van der Waals surface area (Å²) in [6, 6.07) is 0. The molecule has 0 rings (SSSR count). The lowest BCUT2D eigenvalue weighted by Crippen LogP contribution is -2.01. The van der Waals surface area contributed by atoms with Crippen molar-refractivity contribution in [3.05, 3.63) is 0 Å². The molecule has 2 nitrogen and oxygen atoms in total. The van der Waals surface area contributed by atoms with Gasteiger partial charge in [-0.3, -0.25) is 0 Å². The molecular formula is C4H10O2. The predicted octanol–water partition coefficient (Wildman–Crippen LogP) is 0.0972. The van der Waals surface area contributed by atoms with Gasteiger partial charge < -0.3 is 10.2 Å². The van der Waals surface area contributed by atoms with Crippen molar-refractivity contribution in [3.8, 4) is 0 Å². The number of aliphatic hydroxyl groups is 2. The summed E-state index contributed by atoms with van der Waals surface area (Å²) in [5.41, 5.74) is 0. The van der Waals surface area contributed by atoms with Gasteiger partial charge in [0.25, 0.3) is 0 Å². The Kier molecular flexibility index (Phi) is 1.56. The van der Waals surface area contributed by atoms with Crippen LogP contribution in [0.2, 0.25) is 0 Å². The van der Waals surface area contributed by atoms with Gasteiger partial charge in [-0.25, -0.2) is 0 Å². The van der Waals surface area contributed by atoms with Crippen LogP contribution in [0.4, 0.5) is 0 Å². The molecule has 0 bridgehead atoms. The van der Waals surface area contributed by atoms with Crippen molar-refractivity contribution in [2.45, 2.75) is 26.0 Å². The normalized spacial score (nSPS) is 21.8. The highest BCUT2D eigenvalue weighted by atomic mass is 16.5. The van der Waals surface area contributed by atoms with Crippen LogP contribution in [0.1, 0.15) is 22.5 Å². The molecule has 0 fully saturated rings. The minimum absolute atomic E-state index is 0.274. The largest absolute Gasteiger partial charge is 0.368 e. The summed E-state index contributed by atoms with van der Waals surface area (Å²) >= 11 is 0. The Morgan fingerprint density at radius 3 is 2.50 bits per heavy atom. The molecule has 6 heavy (non-hydrogen) atoms. The maximum absolute atomic E-state index is 8.32. The summed E-state index contributed by atoms with van der Waals surface area (Å²) in [6.07, 6.45) is -3.42. The average Bonchev–Trinajstić information content (AvgIpc) is 1.62. The zero-order chi connectivity index (χ0) is 6.78. The molecule has 0 aliphatic rings. The molecule has 0 aliphatic heterocycles. The highest BCUT2D eigenvalue weighted by Gasteiger charge is 1.89. The second kappa shape index (κ2) is 3.12. The minimum atomic E-state index is -2.57. The summed E-state index contributed by atoms with van der Waals surface area (Å²) < 4.78 is 13.2. The number of rotatable bonds is 2. The second-order valence-electron chi connectivity index (χ2n) is 0.971. The zero-order valence-corrected chi connectivity index (χ0v) is 3.68. The Labute approximate surface area is 40.2 Å². The molecule has 1 unspecified atom stereocenters. The van der Waals surface area contributed by atoms with E-state index in [1.54, 1.807) is 6.92 Å². The monoisotopic (exact) mass is 92.1 g/mol. The van der Waals surface area contributed by atoms with Gasteiger partial charge in [0.1, 0.15) is 0 Å². The molecule has 0 saturated heterocycles. The van der Waals surface area contributed by atoms with Crippen LogP contribution in [0.15, 0.2) is 0 Å². The molecular weight excluding hydrogens is 80.0 g/mol. The Morgan fingerprint density at radius 2 is 2.50 bits per heavy atom. The lowest BCUT2D eigenvalue weighted by Gasteiger charge is -1.94. The van der Waals surface area contributed by atoms with Crippen LogP contribution in [0.3, 0.4) is 0 Å². The van der Waals surface area contributed by atoms with Crippen molar-refractivity contribution in [1.82, 2.24) is 0 Å². The van der Waals surface area contributed by atoms with E-state index in [-0.39, 0.29) is 6.42 Å². The van der Waals surface area contributed by atoms with Gasteiger partial charge >= 0.3 is 0 Å². The standard InChI is InChI=1S/C4H10O2/c1-2-3-4(5)6/h4-6H,2-3H2,1H3/i3D,4D. The van der Waals surface area contributed by atoms with Crippen molar-refractivity contribution >= 4 is 0 Å². The Balaban J connectivity index is 3.62. The molecule has 0 aliphatic carbocycles. The topological polar surface area (TPSA) is 40.5 Å². The van der Waals surface area contributed by atoms with E-state index in [0.717, 1.165) is 0 Å². The molecule has 0 saturated carbocycles. The molecule has 0 amide bonds. The summed E-state index contributed by atoms with van der Waals surface area (Å²) in [5, 5.41) is 16.6. The molecule has 0 aromatic rings. The first-order valence-electron chi connectivity index (χ1n) is 2.93. The molecule has 0 aromatic carbocycles. The first-order chi connectivity index (χ1) is 3.48. The predicted molar refractivity (Wildman–Crippen MR) is 23.1 cm³/mol. The fraction of sp³-hybridized carbons (Fsp3) is 1.00. The summed E-state index contributed by atoms with van der Waals surface area (Å²) in [4.78, 5) is 0. The first-order valence-corrected chi connectivity index (χ1v) is 1.85. The molecule has 2 heteroatoms. The van der Waals surface area contributed by atoms with Crippen molar-refractivity contribution in [1.29, 1.82) is 0 Å². The van der Waals surface area contributed by atoms with Crippen LogP contribution < -0.4 is 0 Å². The summed E-state index contributed by atoms with van der Waals surface area (Å²) in [5.74, 6) is 0. The fourth-order valence-corrected chi connectivity index (χ4v) is 0.183. The van der Waals surface area contributed by atoms with E-state index < -0.39 is 12.7 Å². The molecule has 0 aromatic heterocycles. The third-order valence-corrected chi connectivity index (χ3v) is 0.387. The van der Waals surface area contributed by atoms with Gasteiger partial charge in [-0.1, -0.05) is 13.3 Å². The second-order valence-corrected chi connectivity index (χ2v) is 0.971. The first kappa shape index (κ1) is 2.99. The lowest BCUT2D eigenvalue weighted by atomic mass is 10.3. The van der Waals surface area contributed by atoms with E-state index in [2.05, 4.69) is 0 Å². The van der Waals surface area contributed by atoms with Crippen LogP contribution in [0.5, 0.6) is 0 Å². The third kappa shape index (κ3) is 3.92. The van der Waals surface area contributed by atoms with Gasteiger partial charge in [-0.15, -0.1) is 0 Å².